The summed E-state index contributed by atoms with van der Waals surface area (Å²) < 4.78 is 37.7. The summed E-state index contributed by atoms with van der Waals surface area (Å²) in [5, 5.41) is 0. The van der Waals surface area contributed by atoms with Crippen LogP contribution in [0.1, 0.15) is 11.7 Å². The van der Waals surface area contributed by atoms with Crippen LogP contribution in [0.4, 0.5) is 5.69 Å². The second-order valence-corrected chi connectivity index (χ2v) is 6.86. The van der Waals surface area contributed by atoms with Gasteiger partial charge in [0.05, 0.1) is 24.2 Å². The van der Waals surface area contributed by atoms with Gasteiger partial charge in [-0.2, -0.15) is 0 Å². The first-order valence-corrected chi connectivity index (χ1v) is 8.30. The van der Waals surface area contributed by atoms with Crippen molar-refractivity contribution in [3.05, 3.63) is 54.1 Å². The van der Waals surface area contributed by atoms with Crippen LogP contribution in [0.15, 0.2) is 53.4 Å². The normalized spacial score (nSPS) is 17.4. The molecule has 1 atom stereocenters. The average Bonchev–Trinajstić information content (AvgIpc) is 2.94. The van der Waals surface area contributed by atoms with Crippen LogP contribution in [0.25, 0.3) is 0 Å². The van der Waals surface area contributed by atoms with Crippen LogP contribution in [0.3, 0.4) is 0 Å². The number of methoxy groups -OCH3 is 2. The molecular formula is C16H17NO4S. The van der Waals surface area contributed by atoms with E-state index in [-0.39, 0.29) is 17.5 Å². The van der Waals surface area contributed by atoms with Crippen LogP contribution >= 0.6 is 0 Å². The minimum Gasteiger partial charge on any atom is -0.497 e. The maximum absolute atomic E-state index is 12.9. The van der Waals surface area contributed by atoms with Crippen molar-refractivity contribution >= 4 is 15.7 Å². The predicted octanol–water partition coefficient (Wildman–Crippen LogP) is 2.59. The number of hydrogen-bond donors (Lipinski definition) is 0. The molecule has 2 aromatic rings. The highest BCUT2D eigenvalue weighted by molar-refractivity contribution is 7.92. The fourth-order valence-electron chi connectivity index (χ4n) is 2.64. The lowest BCUT2D eigenvalue weighted by Gasteiger charge is -2.20. The van der Waals surface area contributed by atoms with Gasteiger partial charge in [-0.1, -0.05) is 18.2 Å². The number of para-hydroxylation sites is 1. The first-order chi connectivity index (χ1) is 10.6. The van der Waals surface area contributed by atoms with Crippen molar-refractivity contribution in [2.24, 2.45) is 0 Å². The molecule has 1 unspecified atom stereocenters. The molecule has 1 heterocycles. The van der Waals surface area contributed by atoms with Crippen LogP contribution in [0, 0.1) is 0 Å². The Bertz CT molecular complexity index is 771. The van der Waals surface area contributed by atoms with E-state index in [0.29, 0.717) is 11.4 Å². The number of sulfonamides is 1. The maximum Gasteiger partial charge on any atom is 0.264 e. The van der Waals surface area contributed by atoms with Gasteiger partial charge < -0.3 is 9.47 Å². The summed E-state index contributed by atoms with van der Waals surface area (Å²) in [7, 11) is -0.489. The van der Waals surface area contributed by atoms with E-state index in [2.05, 4.69) is 0 Å². The van der Waals surface area contributed by atoms with Crippen LogP contribution in [-0.2, 0) is 14.8 Å². The molecule has 0 radical (unpaired) electrons. The standard InChI is InChI=1S/C16H17NO4S/c1-20-12-7-9-13(10-8-12)22(18,19)17-11-16(21-2)14-5-3-4-6-15(14)17/h3-10,16H,11H2,1-2H3. The summed E-state index contributed by atoms with van der Waals surface area (Å²) in [6, 6.07) is 13.8. The predicted molar refractivity (Wildman–Crippen MR) is 83.7 cm³/mol. The molecule has 6 heteroatoms. The van der Waals surface area contributed by atoms with Crippen molar-refractivity contribution in [1.82, 2.24) is 0 Å². The van der Waals surface area contributed by atoms with Crippen LogP contribution in [0.2, 0.25) is 0 Å². The van der Waals surface area contributed by atoms with E-state index in [9.17, 15) is 8.42 Å². The van der Waals surface area contributed by atoms with E-state index in [0.717, 1.165) is 5.56 Å². The highest BCUT2D eigenvalue weighted by Gasteiger charge is 2.36. The van der Waals surface area contributed by atoms with E-state index in [1.54, 1.807) is 44.6 Å². The third-order valence-corrected chi connectivity index (χ3v) is 5.61. The van der Waals surface area contributed by atoms with Gasteiger partial charge in [-0.15, -0.1) is 0 Å². The zero-order valence-corrected chi connectivity index (χ0v) is 13.2. The summed E-state index contributed by atoms with van der Waals surface area (Å²) in [4.78, 5) is 0.236. The molecule has 0 bridgehead atoms. The molecule has 2 aromatic carbocycles. The lowest BCUT2D eigenvalue weighted by Crippen LogP contribution is -2.30. The number of nitrogens with zero attached hydrogens (tertiary/aromatic N) is 1. The Hall–Kier alpha value is -2.05. The number of ether oxygens (including phenoxy) is 2. The minimum atomic E-state index is -3.62. The second-order valence-electron chi connectivity index (χ2n) is 4.99. The smallest absolute Gasteiger partial charge is 0.264 e. The van der Waals surface area contributed by atoms with Crippen LogP contribution in [-0.4, -0.2) is 29.2 Å². The van der Waals surface area contributed by atoms with Gasteiger partial charge in [0, 0.05) is 12.7 Å². The Labute approximate surface area is 130 Å². The SMILES string of the molecule is COc1ccc(S(=O)(=O)N2CC(OC)c3ccccc32)cc1. The summed E-state index contributed by atoms with van der Waals surface area (Å²) in [6.07, 6.45) is -0.246. The van der Waals surface area contributed by atoms with Gasteiger partial charge in [0.1, 0.15) is 11.9 Å². The topological polar surface area (TPSA) is 55.8 Å². The molecule has 116 valence electrons. The van der Waals surface area contributed by atoms with Gasteiger partial charge in [-0.3, -0.25) is 4.31 Å². The van der Waals surface area contributed by atoms with Crippen molar-refractivity contribution in [1.29, 1.82) is 0 Å². The molecule has 0 N–H and O–H groups in total. The molecule has 0 saturated carbocycles. The van der Waals surface area contributed by atoms with Crippen molar-refractivity contribution < 1.29 is 17.9 Å². The number of benzene rings is 2. The van der Waals surface area contributed by atoms with Gasteiger partial charge in [-0.25, -0.2) is 8.42 Å². The highest BCUT2D eigenvalue weighted by Crippen LogP contribution is 2.39. The highest BCUT2D eigenvalue weighted by atomic mass is 32.2. The Kier molecular flexibility index (Phi) is 3.80. The molecule has 22 heavy (non-hydrogen) atoms. The fourth-order valence-corrected chi connectivity index (χ4v) is 4.13. The summed E-state index contributed by atoms with van der Waals surface area (Å²) in [6.45, 7) is 0.282. The Balaban J connectivity index is 2.02. The molecule has 3 rings (SSSR count). The Morgan fingerprint density at radius 1 is 1.05 bits per heavy atom. The lowest BCUT2D eigenvalue weighted by molar-refractivity contribution is 0.118. The maximum atomic E-state index is 12.9. The quantitative estimate of drug-likeness (QED) is 0.869. The zero-order valence-electron chi connectivity index (χ0n) is 12.4. The molecule has 0 aliphatic carbocycles. The number of anilines is 1. The van der Waals surface area contributed by atoms with Gasteiger partial charge in [0.25, 0.3) is 10.0 Å². The third-order valence-electron chi connectivity index (χ3n) is 3.82. The van der Waals surface area contributed by atoms with Crippen molar-refractivity contribution in [2.75, 3.05) is 25.1 Å². The third kappa shape index (κ3) is 2.34. The molecule has 0 aromatic heterocycles. The minimum absolute atomic E-state index is 0.236. The molecule has 0 fully saturated rings. The number of rotatable bonds is 4. The molecule has 1 aliphatic rings. The summed E-state index contributed by atoms with van der Waals surface area (Å²) in [5.41, 5.74) is 1.56. The second kappa shape index (κ2) is 5.62. The monoisotopic (exact) mass is 319 g/mol. The van der Waals surface area contributed by atoms with Gasteiger partial charge in [0.15, 0.2) is 0 Å². The molecule has 0 saturated heterocycles. The van der Waals surface area contributed by atoms with Gasteiger partial charge in [0.2, 0.25) is 0 Å². The molecule has 5 nitrogen and oxygen atoms in total. The van der Waals surface area contributed by atoms with E-state index < -0.39 is 10.0 Å². The lowest BCUT2D eigenvalue weighted by atomic mass is 10.1. The molecule has 1 aliphatic heterocycles. The van der Waals surface area contributed by atoms with Crippen LogP contribution < -0.4 is 9.04 Å². The largest absolute Gasteiger partial charge is 0.497 e. The van der Waals surface area contributed by atoms with Gasteiger partial charge >= 0.3 is 0 Å². The first kappa shape index (κ1) is 14.9. The Morgan fingerprint density at radius 2 is 1.73 bits per heavy atom. The fraction of sp³-hybridized carbons (Fsp3) is 0.250. The van der Waals surface area contributed by atoms with Crippen molar-refractivity contribution in [3.63, 3.8) is 0 Å². The number of hydrogen-bond acceptors (Lipinski definition) is 4. The van der Waals surface area contributed by atoms with E-state index in [1.807, 2.05) is 18.2 Å². The van der Waals surface area contributed by atoms with Crippen molar-refractivity contribution in [3.8, 4) is 5.75 Å². The van der Waals surface area contributed by atoms with Gasteiger partial charge in [-0.05, 0) is 30.3 Å². The van der Waals surface area contributed by atoms with Crippen molar-refractivity contribution in [2.45, 2.75) is 11.0 Å². The van der Waals surface area contributed by atoms with Crippen LogP contribution in [0.5, 0.6) is 5.75 Å². The number of fused-ring (bicyclic) bond motifs is 1. The zero-order chi connectivity index (χ0) is 15.7. The Morgan fingerprint density at radius 3 is 2.36 bits per heavy atom. The van der Waals surface area contributed by atoms with E-state index >= 15 is 0 Å². The van der Waals surface area contributed by atoms with E-state index in [1.165, 1.54) is 4.31 Å². The average molecular weight is 319 g/mol. The summed E-state index contributed by atoms with van der Waals surface area (Å²) >= 11 is 0. The summed E-state index contributed by atoms with van der Waals surface area (Å²) in [5.74, 6) is 0.621. The molecule has 0 spiro atoms. The molecular weight excluding hydrogens is 302 g/mol. The first-order valence-electron chi connectivity index (χ1n) is 6.86. The molecule has 0 amide bonds. The van der Waals surface area contributed by atoms with E-state index in [4.69, 9.17) is 9.47 Å².